The number of alkyl halides is 4. The SMILES string of the molecule is COc1ccc(C(F)N2CC(c3cccc(OCc4ccc(OC(F)(F)F)cc4)c3)OC2C=O)c(F)c1F. The lowest BCUT2D eigenvalue weighted by molar-refractivity contribution is -0.274. The maximum absolute atomic E-state index is 15.3. The number of halogens is 6. The second kappa shape index (κ2) is 11.3. The third kappa shape index (κ3) is 6.20. The van der Waals surface area contributed by atoms with Gasteiger partial charge in [0.25, 0.3) is 0 Å². The smallest absolute Gasteiger partial charge is 0.494 e. The standard InChI is InChI=1S/C26H21F6NO5/c1-35-20-10-9-19(23(27)24(20)28)25(29)33-12-21(37-22(33)13-34)16-3-2-4-18(11-16)36-14-15-5-7-17(8-6-15)38-26(30,31)32/h2-11,13,21-22,25H,12,14H2,1H3. The fraction of sp³-hybridized carbons (Fsp3) is 0.269. The van der Waals surface area contributed by atoms with Crippen LogP contribution in [0.25, 0.3) is 0 Å². The number of hydrogen-bond acceptors (Lipinski definition) is 6. The van der Waals surface area contributed by atoms with Gasteiger partial charge < -0.3 is 18.9 Å². The van der Waals surface area contributed by atoms with Gasteiger partial charge in [-0.15, -0.1) is 13.2 Å². The van der Waals surface area contributed by atoms with Crippen LogP contribution < -0.4 is 14.2 Å². The van der Waals surface area contributed by atoms with Crippen LogP contribution in [0.4, 0.5) is 26.3 Å². The molecule has 0 spiro atoms. The van der Waals surface area contributed by atoms with Crippen molar-refractivity contribution in [2.24, 2.45) is 0 Å². The van der Waals surface area contributed by atoms with Crippen molar-refractivity contribution in [1.29, 1.82) is 0 Å². The summed E-state index contributed by atoms with van der Waals surface area (Å²) >= 11 is 0. The van der Waals surface area contributed by atoms with Gasteiger partial charge in [0.1, 0.15) is 18.1 Å². The number of rotatable bonds is 9. The van der Waals surface area contributed by atoms with E-state index in [2.05, 4.69) is 4.74 Å². The van der Waals surface area contributed by atoms with Crippen molar-refractivity contribution in [2.45, 2.75) is 31.6 Å². The van der Waals surface area contributed by atoms with E-state index in [-0.39, 0.29) is 24.7 Å². The number of ether oxygens (including phenoxy) is 4. The molecular weight excluding hydrogens is 520 g/mol. The summed E-state index contributed by atoms with van der Waals surface area (Å²) < 4.78 is 101. The van der Waals surface area contributed by atoms with Gasteiger partial charge >= 0.3 is 6.36 Å². The predicted molar refractivity (Wildman–Crippen MR) is 121 cm³/mol. The lowest BCUT2D eigenvalue weighted by Gasteiger charge is -2.23. The Balaban J connectivity index is 1.43. The molecule has 0 aromatic heterocycles. The summed E-state index contributed by atoms with van der Waals surface area (Å²) in [6.45, 7) is -0.124. The first-order valence-corrected chi connectivity index (χ1v) is 11.2. The number of carbonyl (C=O) groups is 1. The van der Waals surface area contributed by atoms with Gasteiger partial charge in [0.15, 0.2) is 30.4 Å². The Morgan fingerprint density at radius 2 is 1.79 bits per heavy atom. The zero-order chi connectivity index (χ0) is 27.4. The van der Waals surface area contributed by atoms with E-state index in [9.17, 15) is 26.7 Å². The van der Waals surface area contributed by atoms with Crippen molar-refractivity contribution in [2.75, 3.05) is 13.7 Å². The third-order valence-electron chi connectivity index (χ3n) is 5.76. The minimum atomic E-state index is -4.79. The van der Waals surface area contributed by atoms with Crippen LogP contribution >= 0.6 is 0 Å². The molecule has 3 aromatic rings. The Bertz CT molecular complexity index is 1270. The quantitative estimate of drug-likeness (QED) is 0.188. The van der Waals surface area contributed by atoms with Crippen LogP contribution in [0.3, 0.4) is 0 Å². The minimum Gasteiger partial charge on any atom is -0.494 e. The number of hydrogen-bond donors (Lipinski definition) is 0. The molecule has 3 aromatic carbocycles. The highest BCUT2D eigenvalue weighted by Crippen LogP contribution is 2.38. The molecule has 1 fully saturated rings. The predicted octanol–water partition coefficient (Wildman–Crippen LogP) is 6.02. The van der Waals surface area contributed by atoms with E-state index in [1.54, 1.807) is 24.3 Å². The molecule has 1 aliphatic rings. The molecule has 6 nitrogen and oxygen atoms in total. The number of methoxy groups -OCH3 is 1. The molecule has 3 unspecified atom stereocenters. The second-order valence-electron chi connectivity index (χ2n) is 8.22. The molecule has 1 saturated heterocycles. The molecule has 38 heavy (non-hydrogen) atoms. The van der Waals surface area contributed by atoms with Crippen molar-refractivity contribution in [1.82, 2.24) is 4.90 Å². The van der Waals surface area contributed by atoms with Gasteiger partial charge in [0, 0.05) is 12.1 Å². The summed E-state index contributed by atoms with van der Waals surface area (Å²) in [6.07, 6.45) is -8.77. The van der Waals surface area contributed by atoms with E-state index in [4.69, 9.17) is 14.2 Å². The fourth-order valence-electron chi connectivity index (χ4n) is 3.93. The molecule has 3 atom stereocenters. The Hall–Kier alpha value is -3.77. The third-order valence-corrected chi connectivity index (χ3v) is 5.76. The number of nitrogens with zero attached hydrogens (tertiary/aromatic N) is 1. The van der Waals surface area contributed by atoms with Crippen molar-refractivity contribution in [3.63, 3.8) is 0 Å². The molecule has 202 valence electrons. The topological polar surface area (TPSA) is 57.2 Å². The molecule has 12 heteroatoms. The monoisotopic (exact) mass is 541 g/mol. The summed E-state index contributed by atoms with van der Waals surface area (Å²) in [6, 6.07) is 13.8. The van der Waals surface area contributed by atoms with Crippen LogP contribution in [0.15, 0.2) is 60.7 Å². The van der Waals surface area contributed by atoms with Gasteiger partial charge in [-0.1, -0.05) is 24.3 Å². The zero-order valence-corrected chi connectivity index (χ0v) is 19.8. The second-order valence-corrected chi connectivity index (χ2v) is 8.22. The summed E-state index contributed by atoms with van der Waals surface area (Å²) in [7, 11) is 1.15. The number of aldehydes is 1. The van der Waals surface area contributed by atoms with Crippen LogP contribution in [0.1, 0.15) is 29.1 Å². The summed E-state index contributed by atoms with van der Waals surface area (Å²) in [5.74, 6) is -3.15. The first kappa shape index (κ1) is 27.3. The van der Waals surface area contributed by atoms with Crippen LogP contribution in [0, 0.1) is 11.6 Å². The molecule has 0 saturated carbocycles. The zero-order valence-electron chi connectivity index (χ0n) is 19.8. The largest absolute Gasteiger partial charge is 0.573 e. The Morgan fingerprint density at radius 1 is 1.05 bits per heavy atom. The van der Waals surface area contributed by atoms with Gasteiger partial charge in [-0.05, 0) is 47.5 Å². The summed E-state index contributed by atoms with van der Waals surface area (Å²) in [5.41, 5.74) is 0.491. The average molecular weight is 541 g/mol. The highest BCUT2D eigenvalue weighted by atomic mass is 19.4. The van der Waals surface area contributed by atoms with Crippen LogP contribution in [-0.2, 0) is 16.1 Å². The van der Waals surface area contributed by atoms with Crippen LogP contribution in [0.2, 0.25) is 0 Å². The van der Waals surface area contributed by atoms with Crippen LogP contribution in [0.5, 0.6) is 17.2 Å². The van der Waals surface area contributed by atoms with Crippen molar-refractivity contribution in [3.8, 4) is 17.2 Å². The molecule has 0 N–H and O–H groups in total. The van der Waals surface area contributed by atoms with E-state index in [1.165, 1.54) is 12.1 Å². The molecule has 1 heterocycles. The van der Waals surface area contributed by atoms with Crippen molar-refractivity contribution < 1.29 is 50.1 Å². The molecule has 0 aliphatic carbocycles. The van der Waals surface area contributed by atoms with Gasteiger partial charge in [0.05, 0.1) is 13.2 Å². The van der Waals surface area contributed by atoms with E-state index in [1.807, 2.05) is 0 Å². The molecular formula is C26H21F6NO5. The van der Waals surface area contributed by atoms with Crippen molar-refractivity contribution >= 4 is 6.29 Å². The van der Waals surface area contributed by atoms with Gasteiger partial charge in [-0.25, -0.2) is 13.7 Å². The lowest BCUT2D eigenvalue weighted by Crippen LogP contribution is -2.33. The Kier molecular flexibility index (Phi) is 8.12. The van der Waals surface area contributed by atoms with E-state index in [0.717, 1.165) is 36.3 Å². The fourth-order valence-corrected chi connectivity index (χ4v) is 3.93. The first-order valence-electron chi connectivity index (χ1n) is 11.2. The highest BCUT2D eigenvalue weighted by Gasteiger charge is 2.40. The number of benzene rings is 3. The summed E-state index contributed by atoms with van der Waals surface area (Å²) in [5, 5.41) is 0. The molecule has 1 aliphatic heterocycles. The number of carbonyl (C=O) groups excluding carboxylic acids is 1. The van der Waals surface area contributed by atoms with Crippen LogP contribution in [-0.4, -0.2) is 37.4 Å². The summed E-state index contributed by atoms with van der Waals surface area (Å²) in [4.78, 5) is 12.6. The van der Waals surface area contributed by atoms with Gasteiger partial charge in [-0.2, -0.15) is 4.39 Å². The first-order chi connectivity index (χ1) is 18.1. The van der Waals surface area contributed by atoms with Gasteiger partial charge in [0.2, 0.25) is 5.82 Å². The van der Waals surface area contributed by atoms with E-state index in [0.29, 0.717) is 23.2 Å². The molecule has 0 radical (unpaired) electrons. The molecule has 0 bridgehead atoms. The van der Waals surface area contributed by atoms with E-state index >= 15 is 4.39 Å². The lowest BCUT2D eigenvalue weighted by atomic mass is 10.1. The highest BCUT2D eigenvalue weighted by molar-refractivity contribution is 5.56. The maximum Gasteiger partial charge on any atom is 0.573 e. The minimum absolute atomic E-state index is 0.0270. The Morgan fingerprint density at radius 3 is 2.45 bits per heavy atom. The molecule has 4 rings (SSSR count). The Labute approximate surface area is 213 Å². The van der Waals surface area contributed by atoms with E-state index < -0.39 is 42.2 Å². The molecule has 0 amide bonds. The normalized spacial score (nSPS) is 18.7. The van der Waals surface area contributed by atoms with Crippen molar-refractivity contribution in [3.05, 3.63) is 89.0 Å². The maximum atomic E-state index is 15.3. The van der Waals surface area contributed by atoms with Gasteiger partial charge in [-0.3, -0.25) is 4.79 Å². The average Bonchev–Trinajstić information content (AvgIpc) is 3.33.